The van der Waals surface area contributed by atoms with E-state index >= 15 is 0 Å². The van der Waals surface area contributed by atoms with Crippen LogP contribution in [0.2, 0.25) is 0 Å². The van der Waals surface area contributed by atoms with E-state index in [1.165, 1.54) is 29.4 Å². The van der Waals surface area contributed by atoms with Gasteiger partial charge in [0.25, 0.3) is 0 Å². The summed E-state index contributed by atoms with van der Waals surface area (Å²) in [4.78, 5) is 23.2. The van der Waals surface area contributed by atoms with E-state index in [2.05, 4.69) is 40.1 Å². The van der Waals surface area contributed by atoms with Gasteiger partial charge < -0.3 is 20.5 Å². The molecule has 2 aromatic carbocycles. The standard InChI is InChI=1S/C20H22N2O4/c1-25-19(23)10-13(21)11-22-20(24)26-12-18-16-8-4-2-6-14(16)15-7-3-5-9-17(15)18/h2-9,13,18H,10-12,21H2,1H3,(H,22,24)/p+1. The molecule has 6 nitrogen and oxygen atoms in total. The van der Waals surface area contributed by atoms with E-state index in [9.17, 15) is 9.59 Å². The van der Waals surface area contributed by atoms with Crippen molar-refractivity contribution >= 4 is 12.1 Å². The van der Waals surface area contributed by atoms with Gasteiger partial charge in [-0.1, -0.05) is 48.5 Å². The van der Waals surface area contributed by atoms with Crippen LogP contribution < -0.4 is 11.1 Å². The molecule has 0 heterocycles. The van der Waals surface area contributed by atoms with Crippen molar-refractivity contribution in [3.05, 3.63) is 59.7 Å². The van der Waals surface area contributed by atoms with E-state index in [4.69, 9.17) is 4.74 Å². The molecule has 136 valence electrons. The SMILES string of the molecule is COC(=O)CC([NH3+])CNC(=O)OCC1c2ccccc2-c2ccccc21. The first-order valence-corrected chi connectivity index (χ1v) is 8.59. The number of nitrogens with one attached hydrogen (secondary N) is 1. The monoisotopic (exact) mass is 355 g/mol. The molecule has 2 aromatic rings. The number of fused-ring (bicyclic) bond motifs is 3. The smallest absolute Gasteiger partial charge is 0.407 e. The molecule has 3 rings (SSSR count). The second-order valence-electron chi connectivity index (χ2n) is 6.35. The van der Waals surface area contributed by atoms with Gasteiger partial charge in [-0.05, 0) is 22.3 Å². The van der Waals surface area contributed by atoms with Gasteiger partial charge in [-0.25, -0.2) is 4.79 Å². The first kappa shape index (κ1) is 17.9. The van der Waals surface area contributed by atoms with Gasteiger partial charge >= 0.3 is 12.1 Å². The van der Waals surface area contributed by atoms with Crippen molar-refractivity contribution in [2.24, 2.45) is 0 Å². The van der Waals surface area contributed by atoms with Crippen LogP contribution in [0.25, 0.3) is 11.1 Å². The van der Waals surface area contributed by atoms with Gasteiger partial charge in [-0.15, -0.1) is 0 Å². The number of quaternary nitrogens is 1. The van der Waals surface area contributed by atoms with Crippen LogP contribution in [0.15, 0.2) is 48.5 Å². The zero-order valence-electron chi connectivity index (χ0n) is 14.7. The third-order valence-electron chi connectivity index (χ3n) is 4.56. The maximum Gasteiger partial charge on any atom is 0.407 e. The summed E-state index contributed by atoms with van der Waals surface area (Å²) in [6.07, 6.45) is -0.356. The fraction of sp³-hybridized carbons (Fsp3) is 0.300. The quantitative estimate of drug-likeness (QED) is 0.772. The van der Waals surface area contributed by atoms with Crippen molar-refractivity contribution in [3.63, 3.8) is 0 Å². The van der Waals surface area contributed by atoms with E-state index in [1.54, 1.807) is 0 Å². The minimum absolute atomic E-state index is 0.0266. The van der Waals surface area contributed by atoms with Crippen molar-refractivity contribution in [2.45, 2.75) is 18.4 Å². The normalized spacial score (nSPS) is 13.5. The molecule has 0 spiro atoms. The Labute approximate surface area is 152 Å². The summed E-state index contributed by atoms with van der Waals surface area (Å²) in [5, 5.41) is 2.65. The Morgan fingerprint density at radius 2 is 1.65 bits per heavy atom. The zero-order chi connectivity index (χ0) is 18.5. The van der Waals surface area contributed by atoms with E-state index in [1.807, 2.05) is 24.3 Å². The summed E-state index contributed by atoms with van der Waals surface area (Å²) in [7, 11) is 1.33. The van der Waals surface area contributed by atoms with Gasteiger partial charge in [0.1, 0.15) is 12.6 Å². The molecular formula is C20H23N2O4+. The van der Waals surface area contributed by atoms with Crippen molar-refractivity contribution in [3.8, 4) is 11.1 Å². The molecule has 0 saturated carbocycles. The second-order valence-corrected chi connectivity index (χ2v) is 6.35. The van der Waals surface area contributed by atoms with Crippen LogP contribution in [0.1, 0.15) is 23.5 Å². The summed E-state index contributed by atoms with van der Waals surface area (Å²) in [5.41, 5.74) is 8.54. The van der Waals surface area contributed by atoms with Crippen LogP contribution in [-0.2, 0) is 14.3 Å². The number of rotatable bonds is 6. The molecule has 1 amide bonds. The van der Waals surface area contributed by atoms with E-state index in [0.717, 1.165) is 0 Å². The number of esters is 1. The van der Waals surface area contributed by atoms with Crippen molar-refractivity contribution in [1.29, 1.82) is 0 Å². The van der Waals surface area contributed by atoms with Gasteiger partial charge in [0, 0.05) is 5.92 Å². The minimum Gasteiger partial charge on any atom is -0.469 e. The minimum atomic E-state index is -0.509. The highest BCUT2D eigenvalue weighted by Crippen LogP contribution is 2.44. The third-order valence-corrected chi connectivity index (χ3v) is 4.56. The zero-order valence-corrected chi connectivity index (χ0v) is 14.7. The maximum absolute atomic E-state index is 12.0. The first-order chi connectivity index (χ1) is 12.6. The van der Waals surface area contributed by atoms with Gasteiger partial charge in [0.15, 0.2) is 0 Å². The van der Waals surface area contributed by atoms with Gasteiger partial charge in [-0.2, -0.15) is 0 Å². The highest BCUT2D eigenvalue weighted by Gasteiger charge is 2.29. The molecule has 0 bridgehead atoms. The Morgan fingerprint density at radius 1 is 1.08 bits per heavy atom. The van der Waals surface area contributed by atoms with Crippen LogP contribution in [0.5, 0.6) is 0 Å². The van der Waals surface area contributed by atoms with Crippen molar-refractivity contribution in [2.75, 3.05) is 20.3 Å². The number of hydrogen-bond donors (Lipinski definition) is 2. The summed E-state index contributed by atoms with van der Waals surface area (Å²) in [6, 6.07) is 16.1. The van der Waals surface area contributed by atoms with Crippen LogP contribution in [0, 0.1) is 0 Å². The fourth-order valence-electron chi connectivity index (χ4n) is 3.27. The lowest BCUT2D eigenvalue weighted by Crippen LogP contribution is -2.65. The predicted molar refractivity (Wildman–Crippen MR) is 96.4 cm³/mol. The highest BCUT2D eigenvalue weighted by atomic mass is 16.5. The lowest BCUT2D eigenvalue weighted by atomic mass is 9.98. The molecule has 4 N–H and O–H groups in total. The molecular weight excluding hydrogens is 332 g/mol. The fourth-order valence-corrected chi connectivity index (χ4v) is 3.27. The van der Waals surface area contributed by atoms with Gasteiger partial charge in [0.2, 0.25) is 0 Å². The Balaban J connectivity index is 1.58. The summed E-state index contributed by atoms with van der Waals surface area (Å²) in [6.45, 7) is 0.518. The van der Waals surface area contributed by atoms with Crippen LogP contribution in [0.3, 0.4) is 0 Å². The Hall–Kier alpha value is -2.86. The topological polar surface area (TPSA) is 92.3 Å². The van der Waals surface area contributed by atoms with Gasteiger partial charge in [-0.3, -0.25) is 4.79 Å². The average molecular weight is 355 g/mol. The van der Waals surface area contributed by atoms with E-state index in [-0.39, 0.29) is 37.5 Å². The lowest BCUT2D eigenvalue weighted by molar-refractivity contribution is -0.416. The average Bonchev–Trinajstić information content (AvgIpc) is 2.98. The molecule has 0 radical (unpaired) electrons. The number of methoxy groups -OCH3 is 1. The number of carbonyl (C=O) groups is 2. The molecule has 6 heteroatoms. The molecule has 1 atom stereocenters. The van der Waals surface area contributed by atoms with Crippen molar-refractivity contribution < 1.29 is 24.8 Å². The highest BCUT2D eigenvalue weighted by molar-refractivity contribution is 5.79. The predicted octanol–water partition coefficient (Wildman–Crippen LogP) is 1.70. The number of ether oxygens (including phenoxy) is 2. The number of hydrogen-bond acceptors (Lipinski definition) is 4. The van der Waals surface area contributed by atoms with Gasteiger partial charge in [0.05, 0.1) is 20.1 Å². The lowest BCUT2D eigenvalue weighted by Gasteiger charge is -2.15. The number of alkyl carbamates (subject to hydrolysis) is 1. The largest absolute Gasteiger partial charge is 0.469 e. The van der Waals surface area contributed by atoms with E-state index < -0.39 is 6.09 Å². The Morgan fingerprint density at radius 3 is 2.23 bits per heavy atom. The molecule has 0 aromatic heterocycles. The molecule has 0 saturated heterocycles. The molecule has 26 heavy (non-hydrogen) atoms. The first-order valence-electron chi connectivity index (χ1n) is 8.59. The molecule has 0 aliphatic heterocycles. The Bertz CT molecular complexity index is 760. The summed E-state index contributed by atoms with van der Waals surface area (Å²) in [5.74, 6) is -0.321. The van der Waals surface area contributed by atoms with E-state index in [0.29, 0.717) is 0 Å². The number of carbonyl (C=O) groups excluding carboxylic acids is 2. The molecule has 0 fully saturated rings. The number of benzene rings is 2. The van der Waals surface area contributed by atoms with Crippen LogP contribution in [0.4, 0.5) is 4.79 Å². The van der Waals surface area contributed by atoms with Crippen LogP contribution in [-0.4, -0.2) is 38.4 Å². The summed E-state index contributed by atoms with van der Waals surface area (Å²) < 4.78 is 10.0. The second kappa shape index (κ2) is 8.01. The summed E-state index contributed by atoms with van der Waals surface area (Å²) >= 11 is 0. The Kier molecular flexibility index (Phi) is 5.53. The third kappa shape index (κ3) is 3.86. The molecule has 1 aliphatic rings. The maximum atomic E-state index is 12.0. The van der Waals surface area contributed by atoms with Crippen LogP contribution >= 0.6 is 0 Å². The van der Waals surface area contributed by atoms with Crippen molar-refractivity contribution in [1.82, 2.24) is 5.32 Å². The molecule has 1 unspecified atom stereocenters. The number of amides is 1. The molecule has 1 aliphatic carbocycles.